The fourth-order valence-electron chi connectivity index (χ4n) is 6.55. The van der Waals surface area contributed by atoms with Crippen LogP contribution in [0.5, 0.6) is 11.5 Å². The Balaban J connectivity index is 1.80. The lowest BCUT2D eigenvalue weighted by atomic mass is 9.56. The maximum Gasteiger partial charge on any atom is 0.137 e. The van der Waals surface area contributed by atoms with Crippen LogP contribution in [0.25, 0.3) is 0 Å². The number of Topliss-reactive ketones (excluding diaryl/α,β-unsaturated/α-hetero) is 1. The molecule has 3 rings (SSSR count). The predicted octanol–water partition coefficient (Wildman–Crippen LogP) is 6.98. The topological polar surface area (TPSA) is 54.0 Å². The summed E-state index contributed by atoms with van der Waals surface area (Å²) < 4.78 is 22.6. The lowest BCUT2D eigenvalue weighted by molar-refractivity contribution is -0.122. The number of hydrogen-bond donors (Lipinski definition) is 0. The summed E-state index contributed by atoms with van der Waals surface area (Å²) in [5.74, 6) is 3.90. The Morgan fingerprint density at radius 1 is 1.03 bits per heavy atom. The van der Waals surface area contributed by atoms with Gasteiger partial charge in [0.05, 0.1) is 28.4 Å². The van der Waals surface area contributed by atoms with Crippen molar-refractivity contribution in [2.75, 3.05) is 28.4 Å². The first-order chi connectivity index (χ1) is 16.9. The quantitative estimate of drug-likeness (QED) is 0.327. The van der Waals surface area contributed by atoms with Crippen molar-refractivity contribution in [3.05, 3.63) is 58.6 Å². The molecule has 0 aliphatic heterocycles. The molecule has 1 fully saturated rings. The van der Waals surface area contributed by atoms with Gasteiger partial charge in [-0.25, -0.2) is 0 Å². The summed E-state index contributed by atoms with van der Waals surface area (Å²) in [6, 6.07) is 3.97. The molecule has 1 aromatic rings. The summed E-state index contributed by atoms with van der Waals surface area (Å²) in [5, 5.41) is 0. The Hall–Kier alpha value is -2.69. The van der Waals surface area contributed by atoms with E-state index in [9.17, 15) is 4.79 Å². The van der Waals surface area contributed by atoms with Gasteiger partial charge in [-0.2, -0.15) is 0 Å². The lowest BCUT2D eigenvalue weighted by Crippen LogP contribution is -2.42. The van der Waals surface area contributed by atoms with Gasteiger partial charge in [-0.15, -0.1) is 0 Å². The SMILES string of the molecule is COC1=C[C@]2(C)C(C)(C)[C@@H](C[C@]2(C)CC(=O)C/C(C)=C/Cc2cc(OC)cc(C)c2OC)C(OC)=C1. The van der Waals surface area contributed by atoms with E-state index in [1.807, 2.05) is 32.1 Å². The molecule has 0 spiro atoms. The molecule has 1 saturated carbocycles. The van der Waals surface area contributed by atoms with Gasteiger partial charge in [-0.05, 0) is 61.3 Å². The average molecular weight is 497 g/mol. The van der Waals surface area contributed by atoms with Crippen molar-refractivity contribution in [2.24, 2.45) is 22.2 Å². The van der Waals surface area contributed by atoms with E-state index in [0.29, 0.717) is 19.3 Å². The van der Waals surface area contributed by atoms with Crippen molar-refractivity contribution in [3.63, 3.8) is 0 Å². The van der Waals surface area contributed by atoms with Crippen molar-refractivity contribution in [1.82, 2.24) is 0 Å². The Kier molecular flexibility index (Phi) is 8.02. The van der Waals surface area contributed by atoms with Crippen LogP contribution in [0, 0.1) is 29.1 Å². The second-order valence-corrected chi connectivity index (χ2v) is 11.5. The van der Waals surface area contributed by atoms with Gasteiger partial charge in [0.25, 0.3) is 0 Å². The van der Waals surface area contributed by atoms with Gasteiger partial charge in [-0.1, -0.05) is 39.3 Å². The number of fused-ring (bicyclic) bond motifs is 2. The Bertz CT molecular complexity index is 1090. The monoisotopic (exact) mass is 496 g/mol. The number of rotatable bonds is 10. The van der Waals surface area contributed by atoms with Crippen molar-refractivity contribution in [2.45, 2.75) is 67.2 Å². The van der Waals surface area contributed by atoms with Crippen molar-refractivity contribution in [3.8, 4) is 11.5 Å². The molecule has 1 aromatic carbocycles. The van der Waals surface area contributed by atoms with Crippen molar-refractivity contribution >= 4 is 5.78 Å². The maximum atomic E-state index is 13.5. The number of methoxy groups -OCH3 is 4. The number of hydrogen-bond acceptors (Lipinski definition) is 5. The lowest BCUT2D eigenvalue weighted by Gasteiger charge is -2.47. The molecule has 0 aromatic heterocycles. The Morgan fingerprint density at radius 2 is 1.72 bits per heavy atom. The number of carbonyl (C=O) groups excluding carboxylic acids is 1. The number of carbonyl (C=O) groups is 1. The van der Waals surface area contributed by atoms with Crippen LogP contribution >= 0.6 is 0 Å². The van der Waals surface area contributed by atoms with E-state index in [1.165, 1.54) is 0 Å². The highest BCUT2D eigenvalue weighted by atomic mass is 16.5. The third kappa shape index (κ3) is 4.81. The zero-order valence-corrected chi connectivity index (χ0v) is 23.8. The molecule has 0 unspecified atom stereocenters. The molecule has 2 aliphatic carbocycles. The molecule has 198 valence electrons. The third-order valence-electron chi connectivity index (χ3n) is 9.15. The van der Waals surface area contributed by atoms with E-state index in [2.05, 4.69) is 39.8 Å². The first-order valence-corrected chi connectivity index (χ1v) is 12.8. The predicted molar refractivity (Wildman–Crippen MR) is 144 cm³/mol. The van der Waals surface area contributed by atoms with Gasteiger partial charge in [0.2, 0.25) is 0 Å². The van der Waals surface area contributed by atoms with Gasteiger partial charge >= 0.3 is 0 Å². The van der Waals surface area contributed by atoms with Crippen LogP contribution < -0.4 is 9.47 Å². The highest BCUT2D eigenvalue weighted by Gasteiger charge is 2.64. The normalized spacial score (nSPS) is 27.1. The molecular weight excluding hydrogens is 452 g/mol. The maximum absolute atomic E-state index is 13.5. The van der Waals surface area contributed by atoms with Crippen LogP contribution in [-0.2, 0) is 20.7 Å². The second-order valence-electron chi connectivity index (χ2n) is 11.5. The van der Waals surface area contributed by atoms with Crippen molar-refractivity contribution in [1.29, 1.82) is 0 Å². The molecule has 0 saturated heterocycles. The molecule has 0 N–H and O–H groups in total. The zero-order chi connectivity index (χ0) is 26.9. The number of aryl methyl sites for hydroxylation is 1. The minimum absolute atomic E-state index is 0.0875. The molecular formula is C31H44O5. The van der Waals surface area contributed by atoms with Crippen LogP contribution in [0.15, 0.2) is 47.5 Å². The van der Waals surface area contributed by atoms with Gasteiger partial charge in [0.1, 0.15) is 28.8 Å². The standard InChI is InChI=1S/C31H44O5/c1-20(11-12-22-15-24(33-7)14-21(2)28(22)36-10)13-23(32)17-30(5)19-26-27(35-9)16-25(34-8)18-31(30,6)29(26,3)4/h11,14-16,18,26H,12-13,17,19H2,1-10H3/b20-11+/t26-,30-,31+/m0/s1. The fraction of sp³-hybridized carbons (Fsp3) is 0.581. The largest absolute Gasteiger partial charge is 0.501 e. The molecule has 0 heterocycles. The summed E-state index contributed by atoms with van der Waals surface area (Å²) in [7, 11) is 6.78. The van der Waals surface area contributed by atoms with E-state index >= 15 is 0 Å². The summed E-state index contributed by atoms with van der Waals surface area (Å²) in [6.45, 7) is 13.2. The van der Waals surface area contributed by atoms with Crippen LogP contribution in [-0.4, -0.2) is 34.2 Å². The molecule has 36 heavy (non-hydrogen) atoms. The molecule has 3 atom stereocenters. The van der Waals surface area contributed by atoms with E-state index < -0.39 is 0 Å². The van der Waals surface area contributed by atoms with Crippen LogP contribution in [0.2, 0.25) is 0 Å². The fourth-order valence-corrected chi connectivity index (χ4v) is 6.55. The zero-order valence-electron chi connectivity index (χ0n) is 23.8. The molecule has 5 heteroatoms. The van der Waals surface area contributed by atoms with Crippen LogP contribution in [0.4, 0.5) is 0 Å². The van der Waals surface area contributed by atoms with E-state index in [4.69, 9.17) is 18.9 Å². The number of benzene rings is 1. The third-order valence-corrected chi connectivity index (χ3v) is 9.15. The number of ketones is 1. The Labute approximate surface area is 217 Å². The van der Waals surface area contributed by atoms with Crippen LogP contribution in [0.1, 0.15) is 65.0 Å². The highest BCUT2D eigenvalue weighted by molar-refractivity contribution is 5.81. The highest BCUT2D eigenvalue weighted by Crippen LogP contribution is 2.70. The molecule has 2 aliphatic rings. The molecule has 0 amide bonds. The first-order valence-electron chi connectivity index (χ1n) is 12.8. The number of allylic oxidation sites excluding steroid dienone is 5. The van der Waals surface area contributed by atoms with E-state index in [0.717, 1.165) is 46.1 Å². The van der Waals surface area contributed by atoms with E-state index in [-0.39, 0.29) is 27.9 Å². The van der Waals surface area contributed by atoms with Crippen molar-refractivity contribution < 1.29 is 23.7 Å². The molecule has 5 nitrogen and oxygen atoms in total. The molecule has 2 bridgehead atoms. The van der Waals surface area contributed by atoms with Gasteiger partial charge in [0.15, 0.2) is 0 Å². The van der Waals surface area contributed by atoms with Gasteiger partial charge < -0.3 is 18.9 Å². The molecule has 0 radical (unpaired) electrons. The minimum Gasteiger partial charge on any atom is -0.501 e. The summed E-state index contributed by atoms with van der Waals surface area (Å²) in [5.41, 5.74) is 2.63. The minimum atomic E-state index is -0.231. The number of ether oxygens (including phenoxy) is 4. The second kappa shape index (κ2) is 10.4. The summed E-state index contributed by atoms with van der Waals surface area (Å²) in [6.07, 6.45) is 8.92. The summed E-state index contributed by atoms with van der Waals surface area (Å²) in [4.78, 5) is 13.5. The van der Waals surface area contributed by atoms with Crippen LogP contribution in [0.3, 0.4) is 0 Å². The summed E-state index contributed by atoms with van der Waals surface area (Å²) >= 11 is 0. The smallest absolute Gasteiger partial charge is 0.137 e. The van der Waals surface area contributed by atoms with Gasteiger partial charge in [-0.3, -0.25) is 4.79 Å². The Morgan fingerprint density at radius 3 is 2.31 bits per heavy atom. The van der Waals surface area contributed by atoms with E-state index in [1.54, 1.807) is 28.4 Å². The van der Waals surface area contributed by atoms with Gasteiger partial charge in [0, 0.05) is 35.8 Å². The first kappa shape index (κ1) is 27.9. The average Bonchev–Trinajstić information content (AvgIpc) is 2.90.